The first-order valence-corrected chi connectivity index (χ1v) is 5.25. The van der Waals surface area contributed by atoms with Crippen molar-refractivity contribution in [3.05, 3.63) is 24.5 Å². The Hall–Kier alpha value is -0.370. The molecule has 0 aliphatic carbocycles. The first-order valence-electron chi connectivity index (χ1n) is 3.96. The smallest absolute Gasteiger partial charge is 0.0230 e. The van der Waals surface area contributed by atoms with E-state index in [0.29, 0.717) is 0 Å². The number of rotatable bonds is 4. The van der Waals surface area contributed by atoms with Crippen molar-refractivity contribution in [2.75, 3.05) is 6.26 Å². The zero-order valence-corrected chi connectivity index (χ0v) is 7.97. The number of thioether (sulfide) groups is 1. The van der Waals surface area contributed by atoms with Crippen LogP contribution in [0.4, 0.5) is 0 Å². The van der Waals surface area contributed by atoms with Crippen LogP contribution in [-0.2, 0) is 6.54 Å². The van der Waals surface area contributed by atoms with E-state index in [2.05, 4.69) is 42.3 Å². The minimum Gasteiger partial charge on any atom is -0.354 e. The highest BCUT2D eigenvalue weighted by molar-refractivity contribution is 7.99. The molecule has 0 amide bonds. The normalized spacial score (nSPS) is 13.3. The maximum Gasteiger partial charge on any atom is 0.0230 e. The van der Waals surface area contributed by atoms with Crippen molar-refractivity contribution in [1.29, 1.82) is 0 Å². The van der Waals surface area contributed by atoms with Crippen molar-refractivity contribution in [1.82, 2.24) is 4.57 Å². The van der Waals surface area contributed by atoms with Gasteiger partial charge < -0.3 is 4.57 Å². The average molecular weight is 169 g/mol. The fraction of sp³-hybridized carbons (Fsp3) is 0.556. The van der Waals surface area contributed by atoms with Gasteiger partial charge in [-0.3, -0.25) is 0 Å². The van der Waals surface area contributed by atoms with Crippen LogP contribution in [0.2, 0.25) is 0 Å². The molecule has 1 aromatic heterocycles. The van der Waals surface area contributed by atoms with Gasteiger partial charge in [0.1, 0.15) is 0 Å². The molecule has 1 aromatic rings. The van der Waals surface area contributed by atoms with E-state index in [0.717, 1.165) is 11.8 Å². The summed E-state index contributed by atoms with van der Waals surface area (Å²) < 4.78 is 2.23. The molecule has 11 heavy (non-hydrogen) atoms. The van der Waals surface area contributed by atoms with Gasteiger partial charge in [-0.25, -0.2) is 0 Å². The largest absolute Gasteiger partial charge is 0.354 e. The van der Waals surface area contributed by atoms with E-state index >= 15 is 0 Å². The zero-order chi connectivity index (χ0) is 8.10. The van der Waals surface area contributed by atoms with Crippen LogP contribution in [-0.4, -0.2) is 16.1 Å². The average Bonchev–Trinajstić information content (AvgIpc) is 2.52. The molecule has 62 valence electrons. The summed E-state index contributed by atoms with van der Waals surface area (Å²) in [6.45, 7) is 3.42. The summed E-state index contributed by atoms with van der Waals surface area (Å²) in [5.74, 6) is 0. The van der Waals surface area contributed by atoms with Crippen LogP contribution >= 0.6 is 11.8 Å². The highest BCUT2D eigenvalue weighted by atomic mass is 32.2. The maximum atomic E-state index is 2.27. The molecule has 1 nitrogen and oxygen atoms in total. The molecule has 0 aliphatic heterocycles. The van der Waals surface area contributed by atoms with Gasteiger partial charge >= 0.3 is 0 Å². The van der Waals surface area contributed by atoms with E-state index in [1.807, 2.05) is 11.8 Å². The van der Waals surface area contributed by atoms with Crippen LogP contribution in [0, 0.1) is 0 Å². The van der Waals surface area contributed by atoms with Crippen molar-refractivity contribution in [3.63, 3.8) is 0 Å². The molecule has 1 heterocycles. The van der Waals surface area contributed by atoms with Gasteiger partial charge in [0.05, 0.1) is 0 Å². The van der Waals surface area contributed by atoms with Gasteiger partial charge in [0.25, 0.3) is 0 Å². The number of hydrogen-bond donors (Lipinski definition) is 0. The van der Waals surface area contributed by atoms with Gasteiger partial charge in [-0.15, -0.1) is 0 Å². The Morgan fingerprint density at radius 3 is 2.55 bits per heavy atom. The lowest BCUT2D eigenvalue weighted by Gasteiger charge is -2.07. The molecule has 0 N–H and O–H groups in total. The number of aromatic nitrogens is 1. The predicted octanol–water partition coefficient (Wildman–Crippen LogP) is 2.63. The summed E-state index contributed by atoms with van der Waals surface area (Å²) in [5, 5.41) is 0.775. The first-order chi connectivity index (χ1) is 5.33. The Morgan fingerprint density at radius 1 is 1.36 bits per heavy atom. The van der Waals surface area contributed by atoms with Gasteiger partial charge in [0.2, 0.25) is 0 Å². The Labute approximate surface area is 72.8 Å². The summed E-state index contributed by atoms with van der Waals surface area (Å²) in [6, 6.07) is 4.15. The molecule has 0 saturated heterocycles. The molecule has 0 radical (unpaired) electrons. The highest BCUT2D eigenvalue weighted by Crippen LogP contribution is 2.10. The summed E-state index contributed by atoms with van der Waals surface area (Å²) in [5.41, 5.74) is 0. The monoisotopic (exact) mass is 169 g/mol. The van der Waals surface area contributed by atoms with Crippen LogP contribution in [0.15, 0.2) is 24.5 Å². The Balaban J connectivity index is 2.23. The summed E-state index contributed by atoms with van der Waals surface area (Å²) >= 11 is 1.93. The lowest BCUT2D eigenvalue weighted by molar-refractivity contribution is 0.644. The molecule has 0 saturated carbocycles. The third kappa shape index (κ3) is 3.02. The molecule has 0 aliphatic rings. The molecule has 0 aromatic carbocycles. The van der Waals surface area contributed by atoms with E-state index < -0.39 is 0 Å². The first kappa shape index (κ1) is 8.72. The van der Waals surface area contributed by atoms with Gasteiger partial charge in [0, 0.05) is 24.2 Å². The van der Waals surface area contributed by atoms with Crippen molar-refractivity contribution < 1.29 is 0 Å². The molecular weight excluding hydrogens is 154 g/mol. The SMILES string of the molecule is CSC(C)CCn1cccc1. The van der Waals surface area contributed by atoms with E-state index in [-0.39, 0.29) is 0 Å². The van der Waals surface area contributed by atoms with Crippen LogP contribution in [0.3, 0.4) is 0 Å². The zero-order valence-electron chi connectivity index (χ0n) is 7.16. The molecule has 1 atom stereocenters. The fourth-order valence-corrected chi connectivity index (χ4v) is 1.31. The number of nitrogens with zero attached hydrogens (tertiary/aromatic N) is 1. The predicted molar refractivity (Wildman–Crippen MR) is 52.0 cm³/mol. The fourth-order valence-electron chi connectivity index (χ4n) is 0.968. The molecule has 1 rings (SSSR count). The lowest BCUT2D eigenvalue weighted by Crippen LogP contribution is -2.02. The van der Waals surface area contributed by atoms with Gasteiger partial charge in [-0.2, -0.15) is 11.8 Å². The molecule has 0 bridgehead atoms. The highest BCUT2D eigenvalue weighted by Gasteiger charge is 1.97. The Bertz CT molecular complexity index is 181. The number of hydrogen-bond acceptors (Lipinski definition) is 1. The van der Waals surface area contributed by atoms with Crippen LogP contribution < -0.4 is 0 Å². The second kappa shape index (κ2) is 4.50. The molecule has 2 heteroatoms. The second-order valence-electron chi connectivity index (χ2n) is 2.76. The Kier molecular flexibility index (Phi) is 3.57. The summed E-state index contributed by atoms with van der Waals surface area (Å²) in [4.78, 5) is 0. The third-order valence-electron chi connectivity index (χ3n) is 1.86. The molecular formula is C9H15NS. The Morgan fingerprint density at radius 2 is 2.00 bits per heavy atom. The van der Waals surface area contributed by atoms with E-state index in [1.165, 1.54) is 6.42 Å². The topological polar surface area (TPSA) is 4.93 Å². The number of aryl methyl sites for hydroxylation is 1. The minimum atomic E-state index is 0.775. The maximum absolute atomic E-state index is 2.27. The van der Waals surface area contributed by atoms with E-state index in [1.54, 1.807) is 0 Å². The van der Waals surface area contributed by atoms with Crippen molar-refractivity contribution >= 4 is 11.8 Å². The second-order valence-corrected chi connectivity index (χ2v) is 4.03. The minimum absolute atomic E-state index is 0.775. The van der Waals surface area contributed by atoms with E-state index in [4.69, 9.17) is 0 Å². The van der Waals surface area contributed by atoms with Gasteiger partial charge in [0.15, 0.2) is 0 Å². The van der Waals surface area contributed by atoms with Crippen molar-refractivity contribution in [3.8, 4) is 0 Å². The molecule has 0 fully saturated rings. The van der Waals surface area contributed by atoms with E-state index in [9.17, 15) is 0 Å². The standard InChI is InChI=1S/C9H15NS/c1-9(11-2)5-8-10-6-3-4-7-10/h3-4,6-7,9H,5,8H2,1-2H3. The van der Waals surface area contributed by atoms with Crippen LogP contribution in [0.1, 0.15) is 13.3 Å². The molecule has 1 unspecified atom stereocenters. The summed E-state index contributed by atoms with van der Waals surface area (Å²) in [7, 11) is 0. The quantitative estimate of drug-likeness (QED) is 0.670. The molecule has 0 spiro atoms. The van der Waals surface area contributed by atoms with Gasteiger partial charge in [-0.1, -0.05) is 6.92 Å². The van der Waals surface area contributed by atoms with Crippen molar-refractivity contribution in [2.24, 2.45) is 0 Å². The van der Waals surface area contributed by atoms with Gasteiger partial charge in [-0.05, 0) is 24.8 Å². The summed E-state index contributed by atoms with van der Waals surface area (Å²) in [6.07, 6.45) is 7.66. The van der Waals surface area contributed by atoms with Crippen LogP contribution in [0.5, 0.6) is 0 Å². The van der Waals surface area contributed by atoms with Crippen LogP contribution in [0.25, 0.3) is 0 Å². The van der Waals surface area contributed by atoms with Crippen molar-refractivity contribution in [2.45, 2.75) is 25.1 Å². The third-order valence-corrected chi connectivity index (χ3v) is 2.90. The lowest BCUT2D eigenvalue weighted by atomic mass is 10.3.